The number of ether oxygens (including phenoxy) is 1. The zero-order valence-electron chi connectivity index (χ0n) is 14.7. The monoisotopic (exact) mass is 420 g/mol. The molecule has 2 aromatic rings. The number of carbonyl (C=O) groups is 1. The third-order valence-corrected chi connectivity index (χ3v) is 5.23. The number of nitrogens with zero attached hydrogens (tertiary/aromatic N) is 1. The lowest BCUT2D eigenvalue weighted by molar-refractivity contribution is -0.121. The van der Waals surface area contributed by atoms with Crippen molar-refractivity contribution >= 4 is 27.5 Å². The molecule has 0 radical (unpaired) electrons. The Hall–Kier alpha value is -1.92. The minimum atomic E-state index is -0.199. The maximum atomic E-state index is 14.0. The van der Waals surface area contributed by atoms with Gasteiger partial charge >= 0.3 is 0 Å². The first-order chi connectivity index (χ1) is 12.6. The van der Waals surface area contributed by atoms with E-state index in [0.29, 0.717) is 23.5 Å². The van der Waals surface area contributed by atoms with Crippen LogP contribution in [0.2, 0.25) is 0 Å². The molecular weight excluding hydrogens is 399 g/mol. The summed E-state index contributed by atoms with van der Waals surface area (Å²) in [6.45, 7) is 2.12. The molecule has 2 aromatic carbocycles. The van der Waals surface area contributed by atoms with Crippen LogP contribution in [0, 0.1) is 11.7 Å². The van der Waals surface area contributed by atoms with Gasteiger partial charge < -0.3 is 10.1 Å². The van der Waals surface area contributed by atoms with E-state index in [4.69, 9.17) is 4.74 Å². The maximum absolute atomic E-state index is 14.0. The highest BCUT2D eigenvalue weighted by Crippen LogP contribution is 2.26. The second-order valence-electron chi connectivity index (χ2n) is 6.48. The molecule has 0 spiro atoms. The van der Waals surface area contributed by atoms with Gasteiger partial charge in [0.25, 0.3) is 0 Å². The van der Waals surface area contributed by atoms with Crippen molar-refractivity contribution in [1.82, 2.24) is 4.90 Å². The van der Waals surface area contributed by atoms with Crippen LogP contribution >= 0.6 is 15.9 Å². The van der Waals surface area contributed by atoms with Crippen LogP contribution in [0.3, 0.4) is 0 Å². The van der Waals surface area contributed by atoms with Crippen LogP contribution in [-0.4, -0.2) is 31.0 Å². The van der Waals surface area contributed by atoms with Crippen LogP contribution in [0.25, 0.3) is 0 Å². The van der Waals surface area contributed by atoms with Crippen molar-refractivity contribution in [1.29, 1.82) is 0 Å². The first kappa shape index (κ1) is 18.9. The van der Waals surface area contributed by atoms with Crippen molar-refractivity contribution in [3.63, 3.8) is 0 Å². The van der Waals surface area contributed by atoms with Crippen LogP contribution in [-0.2, 0) is 11.3 Å². The molecule has 0 unspecified atom stereocenters. The lowest BCUT2D eigenvalue weighted by Crippen LogP contribution is -2.38. The van der Waals surface area contributed by atoms with E-state index >= 15 is 0 Å². The number of para-hydroxylation sites is 2. The summed E-state index contributed by atoms with van der Waals surface area (Å²) >= 11 is 3.28. The highest BCUT2D eigenvalue weighted by Gasteiger charge is 2.26. The van der Waals surface area contributed by atoms with Gasteiger partial charge in [-0.3, -0.25) is 9.69 Å². The summed E-state index contributed by atoms with van der Waals surface area (Å²) in [7, 11) is 1.59. The van der Waals surface area contributed by atoms with Gasteiger partial charge in [0.05, 0.1) is 12.8 Å². The summed E-state index contributed by atoms with van der Waals surface area (Å²) in [6, 6.07) is 12.5. The van der Waals surface area contributed by atoms with E-state index in [1.54, 1.807) is 13.2 Å². The number of carbonyl (C=O) groups excluding carboxylic acids is 1. The van der Waals surface area contributed by atoms with Crippen molar-refractivity contribution in [3.05, 3.63) is 58.3 Å². The number of benzene rings is 2. The van der Waals surface area contributed by atoms with Gasteiger partial charge in [-0.25, -0.2) is 4.39 Å². The molecule has 4 nitrogen and oxygen atoms in total. The van der Waals surface area contributed by atoms with Crippen LogP contribution in [0.4, 0.5) is 10.1 Å². The quantitative estimate of drug-likeness (QED) is 0.776. The third kappa shape index (κ3) is 4.62. The third-order valence-electron chi connectivity index (χ3n) is 4.73. The summed E-state index contributed by atoms with van der Waals surface area (Å²) in [5.41, 5.74) is 1.38. The minimum absolute atomic E-state index is 0.0176. The smallest absolute Gasteiger partial charge is 0.227 e. The molecule has 1 saturated heterocycles. The molecule has 0 saturated carbocycles. The normalized spacial score (nSPS) is 15.7. The molecule has 1 heterocycles. The van der Waals surface area contributed by atoms with Crippen LogP contribution in [0.1, 0.15) is 18.4 Å². The number of piperidine rings is 1. The predicted molar refractivity (Wildman–Crippen MR) is 104 cm³/mol. The zero-order chi connectivity index (χ0) is 18.5. The molecular formula is C20H22BrFN2O2. The molecule has 0 aromatic heterocycles. The number of anilines is 1. The van der Waals surface area contributed by atoms with Crippen molar-refractivity contribution in [2.45, 2.75) is 19.4 Å². The second-order valence-corrected chi connectivity index (χ2v) is 7.39. The Labute approximate surface area is 161 Å². The average Bonchev–Trinajstić information content (AvgIpc) is 2.65. The molecule has 1 aliphatic heterocycles. The predicted octanol–water partition coefficient (Wildman–Crippen LogP) is 4.45. The van der Waals surface area contributed by atoms with Gasteiger partial charge in [0.15, 0.2) is 0 Å². The Morgan fingerprint density at radius 2 is 2.00 bits per heavy atom. The lowest BCUT2D eigenvalue weighted by Gasteiger charge is -2.31. The van der Waals surface area contributed by atoms with Crippen molar-refractivity contribution in [3.8, 4) is 5.75 Å². The van der Waals surface area contributed by atoms with Gasteiger partial charge in [0.1, 0.15) is 11.6 Å². The number of halogens is 2. The second kappa shape index (κ2) is 8.64. The first-order valence-corrected chi connectivity index (χ1v) is 9.46. The first-order valence-electron chi connectivity index (χ1n) is 8.67. The van der Waals surface area contributed by atoms with E-state index in [2.05, 4.69) is 26.1 Å². The summed E-state index contributed by atoms with van der Waals surface area (Å²) in [6.07, 6.45) is 1.53. The number of hydrogen-bond donors (Lipinski definition) is 1. The van der Waals surface area contributed by atoms with E-state index in [-0.39, 0.29) is 17.6 Å². The van der Waals surface area contributed by atoms with E-state index in [1.165, 1.54) is 6.07 Å². The molecule has 26 heavy (non-hydrogen) atoms. The van der Waals surface area contributed by atoms with Crippen molar-refractivity contribution < 1.29 is 13.9 Å². The van der Waals surface area contributed by atoms with Gasteiger partial charge in [-0.05, 0) is 50.2 Å². The van der Waals surface area contributed by atoms with Gasteiger partial charge in [-0.15, -0.1) is 0 Å². The van der Waals surface area contributed by atoms with Gasteiger partial charge in [-0.2, -0.15) is 0 Å². The number of amides is 1. The number of methoxy groups -OCH3 is 1. The van der Waals surface area contributed by atoms with E-state index in [0.717, 1.165) is 30.4 Å². The molecule has 1 N–H and O–H groups in total. The standard InChI is InChI=1S/C20H22BrFN2O2/c1-26-19-5-3-2-4-18(19)23-20(25)14-8-10-24(11-9-14)13-15-6-7-16(21)12-17(15)22/h2-7,12,14H,8-11,13H2,1H3,(H,23,25). The van der Waals surface area contributed by atoms with Crippen LogP contribution in [0.5, 0.6) is 5.75 Å². The molecule has 3 rings (SSSR count). The lowest BCUT2D eigenvalue weighted by atomic mass is 9.95. The molecule has 0 bridgehead atoms. The number of likely N-dealkylation sites (tertiary alicyclic amines) is 1. The Bertz CT molecular complexity index is 776. The van der Waals surface area contributed by atoms with Gasteiger partial charge in [-0.1, -0.05) is 34.1 Å². The average molecular weight is 421 g/mol. The SMILES string of the molecule is COc1ccccc1NC(=O)C1CCN(Cc2ccc(Br)cc2F)CC1. The number of nitrogens with one attached hydrogen (secondary N) is 1. The zero-order valence-corrected chi connectivity index (χ0v) is 16.3. The minimum Gasteiger partial charge on any atom is -0.495 e. The van der Waals surface area contributed by atoms with E-state index < -0.39 is 0 Å². The molecule has 1 aliphatic rings. The Kier molecular flexibility index (Phi) is 6.27. The van der Waals surface area contributed by atoms with Crippen LogP contribution < -0.4 is 10.1 Å². The maximum Gasteiger partial charge on any atom is 0.227 e. The Balaban J connectivity index is 1.54. The fourth-order valence-electron chi connectivity index (χ4n) is 3.23. The number of hydrogen-bond acceptors (Lipinski definition) is 3. The summed E-state index contributed by atoms with van der Waals surface area (Å²) in [5.74, 6) is 0.439. The molecule has 0 aliphatic carbocycles. The number of rotatable bonds is 5. The van der Waals surface area contributed by atoms with Crippen LogP contribution in [0.15, 0.2) is 46.9 Å². The molecule has 6 heteroatoms. The highest BCUT2D eigenvalue weighted by atomic mass is 79.9. The van der Waals surface area contributed by atoms with Crippen molar-refractivity contribution in [2.24, 2.45) is 5.92 Å². The molecule has 1 fully saturated rings. The largest absolute Gasteiger partial charge is 0.495 e. The summed E-state index contributed by atoms with van der Waals surface area (Å²) in [4.78, 5) is 14.7. The van der Waals surface area contributed by atoms with E-state index in [9.17, 15) is 9.18 Å². The Morgan fingerprint density at radius 3 is 2.69 bits per heavy atom. The van der Waals surface area contributed by atoms with Crippen molar-refractivity contribution in [2.75, 3.05) is 25.5 Å². The topological polar surface area (TPSA) is 41.6 Å². The fourth-order valence-corrected chi connectivity index (χ4v) is 3.56. The van der Waals surface area contributed by atoms with E-state index in [1.807, 2.05) is 30.3 Å². The molecule has 0 atom stereocenters. The fraction of sp³-hybridized carbons (Fsp3) is 0.350. The highest BCUT2D eigenvalue weighted by molar-refractivity contribution is 9.10. The molecule has 138 valence electrons. The Morgan fingerprint density at radius 1 is 1.27 bits per heavy atom. The summed E-state index contributed by atoms with van der Waals surface area (Å²) < 4.78 is 20.0. The molecule has 1 amide bonds. The summed E-state index contributed by atoms with van der Waals surface area (Å²) in [5, 5.41) is 2.96. The van der Waals surface area contributed by atoms with Gasteiger partial charge in [0.2, 0.25) is 5.91 Å². The van der Waals surface area contributed by atoms with Gasteiger partial charge in [0, 0.05) is 22.5 Å².